The quantitative estimate of drug-likeness (QED) is 0.580. The molecule has 8 atom stereocenters. The van der Waals surface area contributed by atoms with E-state index in [4.69, 9.17) is 4.74 Å². The Morgan fingerprint density at radius 3 is 2.79 bits per heavy atom. The van der Waals surface area contributed by atoms with Crippen LogP contribution in [-0.4, -0.2) is 50.5 Å². The number of carbonyl (C=O) groups is 1. The number of thiophene rings is 1. The highest BCUT2D eigenvalue weighted by molar-refractivity contribution is 7.17. The molecule has 6 rings (SSSR count). The lowest BCUT2D eigenvalue weighted by atomic mass is 9.59. The molecule has 0 saturated heterocycles. The second-order valence-electron chi connectivity index (χ2n) is 11.3. The van der Waals surface area contributed by atoms with Gasteiger partial charge in [0.05, 0.1) is 16.7 Å². The molecule has 0 amide bonds. The first-order valence-electron chi connectivity index (χ1n) is 12.0. The molecule has 2 saturated carbocycles. The Hall–Kier alpha value is -2.06. The molecule has 7 heteroatoms. The van der Waals surface area contributed by atoms with Gasteiger partial charge in [-0.25, -0.2) is 4.98 Å². The van der Waals surface area contributed by atoms with Gasteiger partial charge in [0.2, 0.25) is 5.88 Å². The number of ether oxygens (including phenoxy) is 1. The van der Waals surface area contributed by atoms with Gasteiger partial charge in [-0.2, -0.15) is 0 Å². The Bertz CT molecular complexity index is 1260. The van der Waals surface area contributed by atoms with E-state index < -0.39 is 35.7 Å². The van der Waals surface area contributed by atoms with Gasteiger partial charge in [0.15, 0.2) is 17.5 Å². The van der Waals surface area contributed by atoms with Crippen molar-refractivity contribution in [2.24, 2.45) is 34.5 Å². The molecular weight excluding hydrogens is 450 g/mol. The van der Waals surface area contributed by atoms with Crippen molar-refractivity contribution in [2.45, 2.75) is 51.9 Å². The minimum atomic E-state index is -1.96. The number of aromatic nitrogens is 1. The SMILES string of the molecule is CC1=CC23C(=O)[C@@H](C=C(CO)[C@@H](O)[C@]2(O)[C@H]1Oc1nccc2ccsc12)[C@H]1[C@@H](C[C@H]3C)C1(C)C. The summed E-state index contributed by atoms with van der Waals surface area (Å²) in [5.74, 6) is 0.110. The Balaban J connectivity index is 1.53. The zero-order valence-corrected chi connectivity index (χ0v) is 20.7. The maximum atomic E-state index is 14.4. The zero-order valence-electron chi connectivity index (χ0n) is 19.9. The van der Waals surface area contributed by atoms with Crippen molar-refractivity contribution in [1.82, 2.24) is 4.98 Å². The van der Waals surface area contributed by atoms with Crippen molar-refractivity contribution in [3.63, 3.8) is 0 Å². The molecule has 2 aromatic rings. The molecule has 0 aromatic carbocycles. The number of aliphatic hydroxyl groups is 3. The number of ketones is 1. The highest BCUT2D eigenvalue weighted by atomic mass is 32.1. The Morgan fingerprint density at radius 1 is 1.29 bits per heavy atom. The van der Waals surface area contributed by atoms with Gasteiger partial charge in [0, 0.05) is 12.1 Å². The van der Waals surface area contributed by atoms with E-state index in [1.54, 1.807) is 12.3 Å². The van der Waals surface area contributed by atoms with E-state index >= 15 is 0 Å². The first-order chi connectivity index (χ1) is 16.1. The normalized spacial score (nSPS) is 42.3. The summed E-state index contributed by atoms with van der Waals surface area (Å²) in [5, 5.41) is 37.4. The molecule has 1 unspecified atom stereocenters. The molecule has 4 aliphatic carbocycles. The van der Waals surface area contributed by atoms with Crippen LogP contribution in [0.25, 0.3) is 10.1 Å². The van der Waals surface area contributed by atoms with Crippen molar-refractivity contribution in [2.75, 3.05) is 6.61 Å². The zero-order chi connectivity index (χ0) is 24.2. The van der Waals surface area contributed by atoms with Crippen molar-refractivity contribution < 1.29 is 24.9 Å². The predicted molar refractivity (Wildman–Crippen MR) is 129 cm³/mol. The molecule has 2 bridgehead atoms. The van der Waals surface area contributed by atoms with E-state index in [9.17, 15) is 20.1 Å². The fourth-order valence-electron chi connectivity index (χ4n) is 7.66. The van der Waals surface area contributed by atoms with E-state index in [1.807, 2.05) is 37.4 Å². The average Bonchev–Trinajstić information content (AvgIpc) is 3.11. The number of allylic oxidation sites excluding steroid dienone is 1. The maximum absolute atomic E-state index is 14.4. The smallest absolute Gasteiger partial charge is 0.232 e. The minimum Gasteiger partial charge on any atom is -0.466 e. The monoisotopic (exact) mass is 481 g/mol. The van der Waals surface area contributed by atoms with E-state index in [2.05, 4.69) is 18.8 Å². The van der Waals surface area contributed by atoms with Gasteiger partial charge in [0.25, 0.3) is 0 Å². The van der Waals surface area contributed by atoms with Crippen LogP contribution in [0.5, 0.6) is 5.88 Å². The molecule has 2 fully saturated rings. The molecular formula is C27H31NO5S. The van der Waals surface area contributed by atoms with Gasteiger partial charge in [0.1, 0.15) is 6.10 Å². The summed E-state index contributed by atoms with van der Waals surface area (Å²) in [6.45, 7) is 7.81. The van der Waals surface area contributed by atoms with Gasteiger partial charge in [-0.05, 0) is 70.6 Å². The van der Waals surface area contributed by atoms with Crippen LogP contribution in [0, 0.1) is 34.5 Å². The molecule has 2 heterocycles. The van der Waals surface area contributed by atoms with E-state index in [0.717, 1.165) is 16.5 Å². The second kappa shape index (κ2) is 7.00. The first-order valence-corrected chi connectivity index (χ1v) is 12.9. The van der Waals surface area contributed by atoms with Crippen molar-refractivity contribution in [3.8, 4) is 5.88 Å². The number of nitrogens with zero attached hydrogens (tertiary/aromatic N) is 1. The van der Waals surface area contributed by atoms with Crippen LogP contribution in [-0.2, 0) is 4.79 Å². The number of carbonyl (C=O) groups excluding carboxylic acids is 1. The summed E-state index contributed by atoms with van der Waals surface area (Å²) in [7, 11) is 0. The van der Waals surface area contributed by atoms with Gasteiger partial charge >= 0.3 is 0 Å². The molecule has 1 spiro atoms. The summed E-state index contributed by atoms with van der Waals surface area (Å²) in [5.41, 5.74) is -2.28. The highest BCUT2D eigenvalue weighted by Crippen LogP contribution is 2.71. The summed E-state index contributed by atoms with van der Waals surface area (Å²) in [4.78, 5) is 18.8. The predicted octanol–water partition coefficient (Wildman–Crippen LogP) is 3.51. The Labute approximate surface area is 203 Å². The van der Waals surface area contributed by atoms with Crippen LogP contribution in [0.3, 0.4) is 0 Å². The third-order valence-electron chi connectivity index (χ3n) is 9.46. The van der Waals surface area contributed by atoms with Crippen molar-refractivity contribution in [3.05, 3.63) is 47.0 Å². The number of hydrogen-bond donors (Lipinski definition) is 3. The maximum Gasteiger partial charge on any atom is 0.232 e. The standard InChI is InChI=1S/C27H31NO5S/c1-13-11-26-14(2)9-18-19(25(18,3)4)17(22(26)31)10-16(12-29)21(30)27(26,32)23(13)33-24-20-15(5-7-28-24)6-8-34-20/h5-8,10-11,14,17-19,21,23,29-30,32H,9,12H2,1-4H3/t14-,17+,18-,19+,21-,23+,26?,27+/m1/s1. The van der Waals surface area contributed by atoms with Gasteiger partial charge < -0.3 is 20.1 Å². The van der Waals surface area contributed by atoms with Crippen molar-refractivity contribution >= 4 is 27.2 Å². The van der Waals surface area contributed by atoms with Crippen LogP contribution < -0.4 is 4.74 Å². The molecule has 4 aliphatic rings. The fraction of sp³-hybridized carbons (Fsp3) is 0.556. The van der Waals surface area contributed by atoms with Gasteiger partial charge in [-0.3, -0.25) is 4.79 Å². The number of pyridine rings is 1. The second-order valence-corrected chi connectivity index (χ2v) is 12.2. The molecule has 2 aromatic heterocycles. The Kier molecular flexibility index (Phi) is 4.61. The number of Topliss-reactive ketones (excluding diaryl/α,β-unsaturated/α-hetero) is 1. The van der Waals surface area contributed by atoms with E-state index in [0.29, 0.717) is 17.4 Å². The summed E-state index contributed by atoms with van der Waals surface area (Å²) in [6, 6.07) is 3.87. The average molecular weight is 482 g/mol. The van der Waals surface area contributed by atoms with Gasteiger partial charge in [-0.1, -0.05) is 32.9 Å². The molecule has 0 aliphatic heterocycles. The molecule has 3 N–H and O–H groups in total. The highest BCUT2D eigenvalue weighted by Gasteiger charge is 2.76. The number of rotatable bonds is 3. The first kappa shape index (κ1) is 22.4. The molecule has 6 nitrogen and oxygen atoms in total. The molecule has 180 valence electrons. The minimum absolute atomic E-state index is 0.00662. The van der Waals surface area contributed by atoms with Crippen LogP contribution in [0.1, 0.15) is 34.1 Å². The topological polar surface area (TPSA) is 99.9 Å². The van der Waals surface area contributed by atoms with E-state index in [-0.39, 0.29) is 28.6 Å². The fourth-order valence-corrected chi connectivity index (χ4v) is 8.48. The third-order valence-corrected chi connectivity index (χ3v) is 10.4. The van der Waals surface area contributed by atoms with Crippen LogP contribution >= 0.6 is 11.3 Å². The Morgan fingerprint density at radius 2 is 2.06 bits per heavy atom. The lowest BCUT2D eigenvalue weighted by molar-refractivity contribution is -0.186. The summed E-state index contributed by atoms with van der Waals surface area (Å²) >= 11 is 1.49. The van der Waals surface area contributed by atoms with E-state index in [1.165, 1.54) is 11.3 Å². The van der Waals surface area contributed by atoms with Crippen molar-refractivity contribution in [1.29, 1.82) is 0 Å². The lowest BCUT2D eigenvalue weighted by Gasteiger charge is -2.48. The third kappa shape index (κ3) is 2.51. The lowest BCUT2D eigenvalue weighted by Crippen LogP contribution is -2.66. The number of aliphatic hydroxyl groups excluding tert-OH is 2. The van der Waals surface area contributed by atoms with Crippen LogP contribution in [0.2, 0.25) is 0 Å². The summed E-state index contributed by atoms with van der Waals surface area (Å²) < 4.78 is 7.26. The van der Waals surface area contributed by atoms with Crippen LogP contribution in [0.15, 0.2) is 47.0 Å². The summed E-state index contributed by atoms with van der Waals surface area (Å²) in [6.07, 6.45) is 3.62. The molecule has 0 radical (unpaired) electrons. The number of fused-ring (bicyclic) bond motifs is 4. The number of hydrogen-bond acceptors (Lipinski definition) is 7. The molecule has 34 heavy (non-hydrogen) atoms. The van der Waals surface area contributed by atoms with Crippen LogP contribution in [0.4, 0.5) is 0 Å². The largest absolute Gasteiger partial charge is 0.466 e. The van der Waals surface area contributed by atoms with Gasteiger partial charge in [-0.15, -0.1) is 11.3 Å².